The first-order valence-electron chi connectivity index (χ1n) is 9.31. The van der Waals surface area contributed by atoms with Gasteiger partial charge in [0.25, 0.3) is 0 Å². The summed E-state index contributed by atoms with van der Waals surface area (Å²) in [5.41, 5.74) is 6.54. The third-order valence-corrected chi connectivity index (χ3v) is 6.30. The van der Waals surface area contributed by atoms with E-state index in [1.807, 2.05) is 26.0 Å². The summed E-state index contributed by atoms with van der Waals surface area (Å²) in [6, 6.07) is 14.3. The fourth-order valence-electron chi connectivity index (χ4n) is 3.16. The summed E-state index contributed by atoms with van der Waals surface area (Å²) in [6.45, 7) is 10.3. The number of rotatable bonds is 5. The summed E-state index contributed by atoms with van der Waals surface area (Å²) in [4.78, 5) is 17.7. The molecule has 0 fully saturated rings. The number of anilines is 1. The number of hydrogen-bond donors (Lipinski definition) is 1. The zero-order chi connectivity index (χ0) is 19.6. The van der Waals surface area contributed by atoms with Crippen molar-refractivity contribution in [1.82, 2.24) is 4.98 Å². The number of fused-ring (bicyclic) bond motifs is 1. The Morgan fingerprint density at radius 3 is 2.48 bits per heavy atom. The van der Waals surface area contributed by atoms with Crippen molar-refractivity contribution in [3.63, 3.8) is 0 Å². The van der Waals surface area contributed by atoms with Gasteiger partial charge in [-0.1, -0.05) is 49.0 Å². The molecule has 0 saturated carbocycles. The molecule has 1 aromatic heterocycles. The van der Waals surface area contributed by atoms with Crippen LogP contribution in [0.3, 0.4) is 0 Å². The summed E-state index contributed by atoms with van der Waals surface area (Å²) in [5.74, 6) is 0.0283. The van der Waals surface area contributed by atoms with E-state index < -0.39 is 0 Å². The molecule has 3 nitrogen and oxygen atoms in total. The molecule has 4 heteroatoms. The molecule has 0 aliphatic heterocycles. The van der Waals surface area contributed by atoms with Crippen molar-refractivity contribution < 1.29 is 4.79 Å². The molecule has 3 aromatic rings. The Labute approximate surface area is 165 Å². The molecule has 0 spiro atoms. The molecule has 0 aliphatic carbocycles. The smallest absolute Gasteiger partial charge is 0.237 e. The average Bonchev–Trinajstić information content (AvgIpc) is 2.64. The number of hydrogen-bond acceptors (Lipinski definition) is 3. The molecule has 1 amide bonds. The van der Waals surface area contributed by atoms with E-state index in [1.165, 1.54) is 16.5 Å². The molecule has 27 heavy (non-hydrogen) atoms. The van der Waals surface area contributed by atoms with Gasteiger partial charge in [-0.05, 0) is 68.5 Å². The van der Waals surface area contributed by atoms with E-state index >= 15 is 0 Å². The molecule has 1 heterocycles. The number of nitrogens with zero attached hydrogens (tertiary/aromatic N) is 1. The van der Waals surface area contributed by atoms with Crippen LogP contribution in [0.1, 0.15) is 35.6 Å². The van der Waals surface area contributed by atoms with Crippen LogP contribution in [-0.2, 0) is 4.79 Å². The number of benzene rings is 2. The van der Waals surface area contributed by atoms with E-state index in [0.29, 0.717) is 0 Å². The highest BCUT2D eigenvalue weighted by Gasteiger charge is 2.20. The number of pyridine rings is 1. The first kappa shape index (κ1) is 19.4. The fourth-order valence-corrected chi connectivity index (χ4v) is 4.17. The van der Waals surface area contributed by atoms with Gasteiger partial charge < -0.3 is 5.32 Å². The van der Waals surface area contributed by atoms with Crippen LogP contribution in [0.4, 0.5) is 5.69 Å². The Morgan fingerprint density at radius 1 is 1.04 bits per heavy atom. The van der Waals surface area contributed by atoms with Crippen molar-refractivity contribution >= 4 is 34.3 Å². The summed E-state index contributed by atoms with van der Waals surface area (Å²) in [7, 11) is 0. The third-order valence-electron chi connectivity index (χ3n) is 5.01. The number of thioether (sulfide) groups is 1. The van der Waals surface area contributed by atoms with Crippen LogP contribution in [0.15, 0.2) is 47.5 Å². The topological polar surface area (TPSA) is 42.0 Å². The number of carbonyl (C=O) groups is 1. The first-order chi connectivity index (χ1) is 12.9. The van der Waals surface area contributed by atoms with Gasteiger partial charge in [0.1, 0.15) is 0 Å². The van der Waals surface area contributed by atoms with Crippen LogP contribution in [0.2, 0.25) is 0 Å². The summed E-state index contributed by atoms with van der Waals surface area (Å²) >= 11 is 1.54. The SMILES string of the molecule is CCC(Sc1cc(C)c2cccc(C)c2n1)C(=O)Nc1cccc(C)c1C. The van der Waals surface area contributed by atoms with Gasteiger partial charge in [-0.3, -0.25) is 4.79 Å². The van der Waals surface area contributed by atoms with Crippen molar-refractivity contribution in [2.24, 2.45) is 0 Å². The highest BCUT2D eigenvalue weighted by atomic mass is 32.2. The highest BCUT2D eigenvalue weighted by Crippen LogP contribution is 2.30. The van der Waals surface area contributed by atoms with Crippen molar-refractivity contribution in [1.29, 1.82) is 0 Å². The van der Waals surface area contributed by atoms with E-state index in [0.717, 1.165) is 33.8 Å². The van der Waals surface area contributed by atoms with Gasteiger partial charge in [0, 0.05) is 11.1 Å². The summed E-state index contributed by atoms with van der Waals surface area (Å²) in [6.07, 6.45) is 0.744. The van der Waals surface area contributed by atoms with Gasteiger partial charge >= 0.3 is 0 Å². The minimum absolute atomic E-state index is 0.0283. The molecule has 0 radical (unpaired) electrons. The monoisotopic (exact) mass is 378 g/mol. The molecule has 3 rings (SSSR count). The Morgan fingerprint density at radius 2 is 1.74 bits per heavy atom. The third kappa shape index (κ3) is 4.16. The number of nitrogens with one attached hydrogen (secondary N) is 1. The van der Waals surface area contributed by atoms with Crippen LogP contribution < -0.4 is 5.32 Å². The molecule has 0 bridgehead atoms. The Balaban J connectivity index is 1.84. The molecule has 1 N–H and O–H groups in total. The minimum atomic E-state index is -0.182. The highest BCUT2D eigenvalue weighted by molar-refractivity contribution is 8.00. The molecule has 2 aromatic carbocycles. The molecule has 0 aliphatic rings. The molecular weight excluding hydrogens is 352 g/mol. The molecular formula is C23H26N2OS. The van der Waals surface area contributed by atoms with Crippen molar-refractivity contribution in [2.45, 2.75) is 51.3 Å². The maximum atomic E-state index is 12.9. The van der Waals surface area contributed by atoms with Crippen molar-refractivity contribution in [3.05, 3.63) is 64.7 Å². The van der Waals surface area contributed by atoms with E-state index in [4.69, 9.17) is 4.98 Å². The van der Waals surface area contributed by atoms with Crippen LogP contribution in [0.5, 0.6) is 0 Å². The normalized spacial score (nSPS) is 12.2. The second-order valence-electron chi connectivity index (χ2n) is 7.00. The molecule has 1 atom stereocenters. The van der Waals surface area contributed by atoms with E-state index in [-0.39, 0.29) is 11.2 Å². The van der Waals surface area contributed by atoms with Crippen molar-refractivity contribution in [2.75, 3.05) is 5.32 Å². The number of amides is 1. The molecule has 140 valence electrons. The molecule has 0 saturated heterocycles. The van der Waals surface area contributed by atoms with Gasteiger partial charge in [-0.2, -0.15) is 0 Å². The lowest BCUT2D eigenvalue weighted by Gasteiger charge is -2.17. The predicted octanol–water partition coefficient (Wildman–Crippen LogP) is 5.98. The van der Waals surface area contributed by atoms with Crippen LogP contribution in [0, 0.1) is 27.7 Å². The quantitative estimate of drug-likeness (QED) is 0.556. The Hall–Kier alpha value is -2.33. The summed E-state index contributed by atoms with van der Waals surface area (Å²) in [5, 5.41) is 4.99. The second kappa shape index (κ2) is 8.13. The Kier molecular flexibility index (Phi) is 5.85. The van der Waals surface area contributed by atoms with Gasteiger partial charge in [0.05, 0.1) is 15.8 Å². The lowest BCUT2D eigenvalue weighted by atomic mass is 10.1. The summed E-state index contributed by atoms with van der Waals surface area (Å²) < 4.78 is 0. The Bertz CT molecular complexity index is 997. The number of aromatic nitrogens is 1. The van der Waals surface area contributed by atoms with Gasteiger partial charge in [-0.25, -0.2) is 4.98 Å². The van der Waals surface area contributed by atoms with Crippen LogP contribution >= 0.6 is 11.8 Å². The van der Waals surface area contributed by atoms with Gasteiger partial charge in [0.2, 0.25) is 5.91 Å². The van der Waals surface area contributed by atoms with Crippen molar-refractivity contribution in [3.8, 4) is 0 Å². The van der Waals surface area contributed by atoms with Gasteiger partial charge in [0.15, 0.2) is 0 Å². The standard InChI is InChI=1S/C23H26N2OS/c1-6-20(23(26)24-19-12-8-9-14(2)17(19)5)27-21-13-16(4)18-11-7-10-15(3)22(18)25-21/h7-13,20H,6H2,1-5H3,(H,24,26). The molecule has 1 unspecified atom stereocenters. The van der Waals surface area contributed by atoms with Crippen LogP contribution in [-0.4, -0.2) is 16.1 Å². The first-order valence-corrected chi connectivity index (χ1v) is 10.2. The van der Waals surface area contributed by atoms with Crippen LogP contribution in [0.25, 0.3) is 10.9 Å². The predicted molar refractivity (Wildman–Crippen MR) is 116 cm³/mol. The zero-order valence-corrected chi connectivity index (χ0v) is 17.4. The number of para-hydroxylation sites is 1. The van der Waals surface area contributed by atoms with E-state index in [1.54, 1.807) is 11.8 Å². The van der Waals surface area contributed by atoms with Gasteiger partial charge in [-0.15, -0.1) is 0 Å². The average molecular weight is 379 g/mol. The number of carbonyl (C=O) groups excluding carboxylic acids is 1. The van der Waals surface area contributed by atoms with E-state index in [2.05, 4.69) is 56.4 Å². The minimum Gasteiger partial charge on any atom is -0.325 e. The zero-order valence-electron chi connectivity index (χ0n) is 16.6. The maximum Gasteiger partial charge on any atom is 0.237 e. The number of aryl methyl sites for hydroxylation is 3. The largest absolute Gasteiger partial charge is 0.325 e. The fraction of sp³-hybridized carbons (Fsp3) is 0.304. The maximum absolute atomic E-state index is 12.9. The van der Waals surface area contributed by atoms with E-state index in [9.17, 15) is 4.79 Å². The lowest BCUT2D eigenvalue weighted by molar-refractivity contribution is -0.115. The second-order valence-corrected chi connectivity index (χ2v) is 8.22. The lowest BCUT2D eigenvalue weighted by Crippen LogP contribution is -2.25.